The summed E-state index contributed by atoms with van der Waals surface area (Å²) in [5.41, 5.74) is 0. The van der Waals surface area contributed by atoms with E-state index >= 15 is 0 Å². The van der Waals surface area contributed by atoms with Gasteiger partial charge in [0.05, 0.1) is 0 Å². The van der Waals surface area contributed by atoms with Gasteiger partial charge in [0.1, 0.15) is 0 Å². The molecule has 11 heavy (non-hydrogen) atoms. The van der Waals surface area contributed by atoms with Crippen LogP contribution in [0.5, 0.6) is 0 Å². The zero-order chi connectivity index (χ0) is 2.71. The summed E-state index contributed by atoms with van der Waals surface area (Å²) in [7, 11) is -1.42. The van der Waals surface area contributed by atoms with Crippen molar-refractivity contribution in [3.05, 3.63) is 0 Å². The van der Waals surface area contributed by atoms with Crippen LogP contribution in [0, 0.1) is 41.7 Å². The van der Waals surface area contributed by atoms with E-state index in [0.29, 0.717) is 0 Å². The summed E-state index contributed by atoms with van der Waals surface area (Å²) in [6, 6.07) is 0. The van der Waals surface area contributed by atoms with Gasteiger partial charge < -0.3 is 27.4 Å². The molecule has 11 heteroatoms. The van der Waals surface area contributed by atoms with Crippen LogP contribution in [0.15, 0.2) is 0 Å². The molecule has 0 saturated carbocycles. The van der Waals surface area contributed by atoms with E-state index in [9.17, 15) is 0 Å². The average molecular weight is 398 g/mol. The summed E-state index contributed by atoms with van der Waals surface area (Å²) in [5, 5.41) is 0. The van der Waals surface area contributed by atoms with Crippen LogP contribution in [-0.4, -0.2) is 26.7 Å². The molecule has 0 amide bonds. The first kappa shape index (κ1) is 106. The summed E-state index contributed by atoms with van der Waals surface area (Å²) >= 11 is 0. The quantitative estimate of drug-likeness (QED) is 0.447. The summed E-state index contributed by atoms with van der Waals surface area (Å²) in [5.74, 6) is 0. The molecular weight excluding hydrogens is 398 g/mol. The summed E-state index contributed by atoms with van der Waals surface area (Å²) in [6.07, 6.45) is 0. The molecule has 0 N–H and O–H groups in total. The summed E-state index contributed by atoms with van der Waals surface area (Å²) < 4.78 is 16.8. The largest absolute Gasteiger partial charge is 4.00 e. The topological polar surface area (TPSA) is 177 Å². The van der Waals surface area contributed by atoms with Crippen molar-refractivity contribution in [2.75, 3.05) is 0 Å². The number of hydrogen-bond donors (Lipinski definition) is 0. The fourth-order valence-corrected chi connectivity index (χ4v) is 0. The second kappa shape index (κ2) is 139. The Bertz CT molecular complexity index is 39.4. The third-order valence-corrected chi connectivity index (χ3v) is 0. The molecule has 0 unspecified atom stereocenters. The van der Waals surface area contributed by atoms with Gasteiger partial charge in [-0.25, -0.2) is 0 Å². The number of rotatable bonds is 0. The smallest absolute Gasteiger partial charge is 2.00 e. The van der Waals surface area contributed by atoms with Crippen molar-refractivity contribution in [1.29, 1.82) is 0 Å². The van der Waals surface area contributed by atoms with Gasteiger partial charge in [-0.2, -0.15) is 0 Å². The minimum Gasteiger partial charge on any atom is -2.00 e. The normalized spacial score (nSPS) is 0.727. The van der Waals surface area contributed by atoms with Crippen molar-refractivity contribution >= 4 is 26.7 Å². The van der Waals surface area contributed by atoms with Crippen molar-refractivity contribution < 1.29 is 104 Å². The van der Waals surface area contributed by atoms with E-state index in [1.54, 1.807) is 0 Å². The fraction of sp³-hybridized carbons (Fsp3) is 0. The predicted molar refractivity (Wildman–Crippen MR) is 16.3 cm³/mol. The summed E-state index contributed by atoms with van der Waals surface area (Å²) in [6.45, 7) is 0. The molecule has 0 aliphatic rings. The van der Waals surface area contributed by atoms with Crippen LogP contribution in [0.25, 0.3) is 0 Å². The predicted octanol–water partition coefficient (Wildman–Crippen LogP) is -1.60. The zero-order valence-electron chi connectivity index (χ0n) is 4.94. The van der Waals surface area contributed by atoms with Crippen LogP contribution in [0.1, 0.15) is 0 Å². The maximum Gasteiger partial charge on any atom is 4.00 e. The fourth-order valence-electron chi connectivity index (χ4n) is 0. The molecule has 0 bridgehead atoms. The molecule has 0 aromatic heterocycles. The molecule has 0 aromatic rings. The molecule has 0 aromatic carbocycles. The minimum atomic E-state index is -1.42. The maximum atomic E-state index is 8.40. The second-order valence-electron chi connectivity index (χ2n) is 0.0833. The molecule has 0 rings (SSSR count). The SMILES string of the molecule is O=[Si]=O.[Al+3].[Ce+3].[O-2].[O-2].[O-2].[O-2].[O-2].[Zr+4]. The Balaban J connectivity index is -0.000000000714. The molecule has 0 saturated heterocycles. The molecule has 0 aliphatic heterocycles. The van der Waals surface area contributed by atoms with Gasteiger partial charge in [-0.05, 0) is 0 Å². The molecule has 7 nitrogen and oxygen atoms in total. The van der Waals surface area contributed by atoms with Gasteiger partial charge in [-0.15, -0.1) is 0 Å². The third kappa shape index (κ3) is 232. The van der Waals surface area contributed by atoms with Crippen molar-refractivity contribution in [2.45, 2.75) is 0 Å². The van der Waals surface area contributed by atoms with E-state index in [4.69, 9.17) is 8.92 Å². The van der Waals surface area contributed by atoms with Crippen LogP contribution in [0.4, 0.5) is 0 Å². The molecule has 1 radical (unpaired) electrons. The van der Waals surface area contributed by atoms with Gasteiger partial charge in [-0.3, -0.25) is 8.92 Å². The first-order valence-electron chi connectivity index (χ1n) is 0.408. The molecular formula is AlCeO7SiZr. The van der Waals surface area contributed by atoms with Crippen molar-refractivity contribution in [2.24, 2.45) is 0 Å². The van der Waals surface area contributed by atoms with E-state index in [0.717, 1.165) is 0 Å². The standard InChI is InChI=1S/Al.Ce.O2Si.5O.Zr/c;;1-3-2;;;;;;/q2*+3;;5*-2;+4. The van der Waals surface area contributed by atoms with Gasteiger partial charge in [-0.1, -0.05) is 0 Å². The molecule has 0 heterocycles. The third-order valence-electron chi connectivity index (χ3n) is 0. The van der Waals surface area contributed by atoms with Gasteiger partial charge in [0.25, 0.3) is 0 Å². The second-order valence-corrected chi connectivity index (χ2v) is 0.250. The monoisotopic (exact) mass is 397 g/mol. The summed E-state index contributed by atoms with van der Waals surface area (Å²) in [4.78, 5) is 0. The Morgan fingerprint density at radius 3 is 0.727 bits per heavy atom. The Hall–Kier alpha value is 2.41. The van der Waals surface area contributed by atoms with Crippen LogP contribution in [0.2, 0.25) is 0 Å². The van der Waals surface area contributed by atoms with Gasteiger partial charge in [0.15, 0.2) is 0 Å². The van der Waals surface area contributed by atoms with Crippen LogP contribution >= 0.6 is 0 Å². The molecule has 0 spiro atoms. The molecule has 0 atom stereocenters. The Kier molecular flexibility index (Phi) is 1340. The number of hydrogen-bond acceptors (Lipinski definition) is 2. The first-order valence-corrected chi connectivity index (χ1v) is 1.22. The van der Waals surface area contributed by atoms with Crippen molar-refractivity contribution in [3.63, 3.8) is 0 Å². The van der Waals surface area contributed by atoms with Gasteiger partial charge >= 0.3 is 94.6 Å². The maximum absolute atomic E-state index is 8.40. The van der Waals surface area contributed by atoms with Crippen LogP contribution < -0.4 is 0 Å². The Morgan fingerprint density at radius 1 is 0.727 bits per heavy atom. The van der Waals surface area contributed by atoms with Gasteiger partial charge in [0, 0.05) is 0 Å². The minimum absolute atomic E-state index is 0. The van der Waals surface area contributed by atoms with E-state index in [-0.39, 0.29) is 113 Å². The van der Waals surface area contributed by atoms with Crippen molar-refractivity contribution in [3.8, 4) is 0 Å². The van der Waals surface area contributed by atoms with Crippen molar-refractivity contribution in [1.82, 2.24) is 0 Å². The van der Waals surface area contributed by atoms with E-state index < -0.39 is 9.29 Å². The van der Waals surface area contributed by atoms with Crippen LogP contribution in [0.3, 0.4) is 0 Å². The van der Waals surface area contributed by atoms with Gasteiger partial charge in [0.2, 0.25) is 0 Å². The molecule has 57 valence electrons. The van der Waals surface area contributed by atoms with E-state index in [2.05, 4.69) is 0 Å². The Labute approximate surface area is 129 Å². The van der Waals surface area contributed by atoms with E-state index in [1.807, 2.05) is 0 Å². The average Bonchev–Trinajstić information content (AvgIpc) is 0.918. The molecule has 0 fully saturated rings. The molecule has 0 aliphatic carbocycles. The van der Waals surface area contributed by atoms with Crippen LogP contribution in [-0.2, 0) is 62.5 Å². The first-order chi connectivity index (χ1) is 1.41. The van der Waals surface area contributed by atoms with E-state index in [1.165, 1.54) is 0 Å². The zero-order valence-corrected chi connectivity index (χ0v) is 12.7. The Morgan fingerprint density at radius 2 is 0.727 bits per heavy atom.